The van der Waals surface area contributed by atoms with E-state index in [4.69, 9.17) is 0 Å². The molecule has 22 heavy (non-hydrogen) atoms. The van der Waals surface area contributed by atoms with Crippen LogP contribution in [0.25, 0.3) is 0 Å². The fourth-order valence-electron chi connectivity index (χ4n) is 2.54. The van der Waals surface area contributed by atoms with Gasteiger partial charge in [-0.2, -0.15) is 0 Å². The Morgan fingerprint density at radius 2 is 2.05 bits per heavy atom. The van der Waals surface area contributed by atoms with E-state index in [1.807, 2.05) is 32.0 Å². The molecule has 0 radical (unpaired) electrons. The summed E-state index contributed by atoms with van der Waals surface area (Å²) in [7, 11) is 1.60. The SMILES string of the molecule is CNC(=O)C(C)(C)CNC(=O)c1cccc2c1CCCN2.Cl. The molecular weight excluding hydrogens is 302 g/mol. The molecule has 0 bridgehead atoms. The normalized spacial score (nSPS) is 13.2. The lowest BCUT2D eigenvalue weighted by molar-refractivity contribution is -0.128. The third kappa shape index (κ3) is 3.91. The summed E-state index contributed by atoms with van der Waals surface area (Å²) < 4.78 is 0. The van der Waals surface area contributed by atoms with E-state index < -0.39 is 5.41 Å². The first-order valence-corrected chi connectivity index (χ1v) is 7.32. The molecular formula is C16H24ClN3O2. The largest absolute Gasteiger partial charge is 0.385 e. The lowest BCUT2D eigenvalue weighted by atomic mass is 9.91. The fraction of sp³-hybridized carbons (Fsp3) is 0.500. The summed E-state index contributed by atoms with van der Waals surface area (Å²) >= 11 is 0. The molecule has 3 N–H and O–H groups in total. The van der Waals surface area contributed by atoms with Crippen LogP contribution in [-0.4, -0.2) is 32.0 Å². The van der Waals surface area contributed by atoms with E-state index in [0.29, 0.717) is 12.1 Å². The van der Waals surface area contributed by atoms with Gasteiger partial charge in [0.25, 0.3) is 5.91 Å². The number of hydrogen-bond donors (Lipinski definition) is 3. The van der Waals surface area contributed by atoms with Crippen LogP contribution in [0.1, 0.15) is 36.2 Å². The van der Waals surface area contributed by atoms with Crippen molar-refractivity contribution in [2.75, 3.05) is 25.5 Å². The van der Waals surface area contributed by atoms with Crippen molar-refractivity contribution in [3.63, 3.8) is 0 Å². The van der Waals surface area contributed by atoms with Crippen molar-refractivity contribution in [2.24, 2.45) is 5.41 Å². The van der Waals surface area contributed by atoms with E-state index >= 15 is 0 Å². The predicted octanol–water partition coefficient (Wildman–Crippen LogP) is 1.97. The van der Waals surface area contributed by atoms with Crippen LogP contribution in [-0.2, 0) is 11.2 Å². The molecule has 6 heteroatoms. The van der Waals surface area contributed by atoms with Gasteiger partial charge in [-0.1, -0.05) is 6.07 Å². The molecule has 0 fully saturated rings. The van der Waals surface area contributed by atoms with Crippen molar-refractivity contribution in [1.29, 1.82) is 0 Å². The van der Waals surface area contributed by atoms with E-state index in [2.05, 4.69) is 16.0 Å². The molecule has 1 aromatic rings. The molecule has 1 aliphatic rings. The number of halogens is 1. The van der Waals surface area contributed by atoms with E-state index in [1.165, 1.54) is 0 Å². The summed E-state index contributed by atoms with van der Waals surface area (Å²) in [4.78, 5) is 24.1. The van der Waals surface area contributed by atoms with Crippen LogP contribution in [0.5, 0.6) is 0 Å². The van der Waals surface area contributed by atoms with Gasteiger partial charge in [-0.25, -0.2) is 0 Å². The first-order chi connectivity index (χ1) is 9.95. The third-order valence-electron chi connectivity index (χ3n) is 3.87. The smallest absolute Gasteiger partial charge is 0.251 e. The molecule has 0 aliphatic carbocycles. The van der Waals surface area contributed by atoms with Crippen molar-refractivity contribution in [3.8, 4) is 0 Å². The van der Waals surface area contributed by atoms with Gasteiger partial charge in [-0.15, -0.1) is 12.4 Å². The molecule has 0 unspecified atom stereocenters. The number of amides is 2. The molecule has 1 aromatic carbocycles. The topological polar surface area (TPSA) is 70.2 Å². The zero-order chi connectivity index (χ0) is 15.5. The number of carbonyl (C=O) groups is 2. The second kappa shape index (κ2) is 7.49. The summed E-state index contributed by atoms with van der Waals surface area (Å²) in [6.45, 7) is 4.88. The quantitative estimate of drug-likeness (QED) is 0.792. The van der Waals surface area contributed by atoms with Crippen molar-refractivity contribution >= 4 is 29.9 Å². The Hall–Kier alpha value is -1.75. The Bertz CT molecular complexity index is 558. The monoisotopic (exact) mass is 325 g/mol. The molecule has 0 spiro atoms. The van der Waals surface area contributed by atoms with Gasteiger partial charge in [0, 0.05) is 31.4 Å². The molecule has 0 aromatic heterocycles. The minimum atomic E-state index is -0.627. The summed E-state index contributed by atoms with van der Waals surface area (Å²) in [6.07, 6.45) is 1.94. The predicted molar refractivity (Wildman–Crippen MR) is 90.7 cm³/mol. The van der Waals surface area contributed by atoms with Crippen molar-refractivity contribution in [3.05, 3.63) is 29.3 Å². The van der Waals surface area contributed by atoms with Gasteiger partial charge in [-0.3, -0.25) is 9.59 Å². The number of carbonyl (C=O) groups excluding carboxylic acids is 2. The van der Waals surface area contributed by atoms with Crippen LogP contribution < -0.4 is 16.0 Å². The average molecular weight is 326 g/mol. The van der Waals surface area contributed by atoms with Gasteiger partial charge < -0.3 is 16.0 Å². The molecule has 1 aliphatic heterocycles. The summed E-state index contributed by atoms with van der Waals surface area (Å²) in [6, 6.07) is 5.73. The van der Waals surface area contributed by atoms with E-state index in [-0.39, 0.29) is 24.2 Å². The Morgan fingerprint density at radius 1 is 1.32 bits per heavy atom. The maximum absolute atomic E-state index is 12.4. The number of benzene rings is 1. The Morgan fingerprint density at radius 3 is 2.73 bits per heavy atom. The lowest BCUT2D eigenvalue weighted by Gasteiger charge is -2.24. The molecule has 1 heterocycles. The third-order valence-corrected chi connectivity index (χ3v) is 3.87. The van der Waals surface area contributed by atoms with Crippen LogP contribution >= 0.6 is 12.4 Å². The van der Waals surface area contributed by atoms with Crippen LogP contribution in [0.15, 0.2) is 18.2 Å². The first kappa shape index (κ1) is 18.3. The zero-order valence-corrected chi connectivity index (χ0v) is 14.1. The maximum Gasteiger partial charge on any atom is 0.251 e. The number of hydrogen-bond acceptors (Lipinski definition) is 3. The van der Waals surface area contributed by atoms with Gasteiger partial charge in [0.15, 0.2) is 0 Å². The molecule has 0 atom stereocenters. The summed E-state index contributed by atoms with van der Waals surface area (Å²) in [5.41, 5.74) is 2.18. The van der Waals surface area contributed by atoms with Gasteiger partial charge in [0.1, 0.15) is 0 Å². The van der Waals surface area contributed by atoms with Crippen LogP contribution in [0.3, 0.4) is 0 Å². The number of nitrogens with one attached hydrogen (secondary N) is 3. The standard InChI is InChI=1S/C16H23N3O2.ClH/c1-16(2,15(21)17-3)10-19-14(20)12-6-4-8-13-11(12)7-5-9-18-13;/h4,6,8,18H,5,7,9-10H2,1-3H3,(H,17,21)(H,19,20);1H. The van der Waals surface area contributed by atoms with Crippen molar-refractivity contribution in [2.45, 2.75) is 26.7 Å². The zero-order valence-electron chi connectivity index (χ0n) is 13.3. The minimum absolute atomic E-state index is 0. The van der Waals surface area contributed by atoms with Gasteiger partial charge in [-0.05, 0) is 44.4 Å². The average Bonchev–Trinajstić information content (AvgIpc) is 2.51. The molecule has 2 rings (SSSR count). The highest BCUT2D eigenvalue weighted by Crippen LogP contribution is 2.25. The molecule has 122 valence electrons. The Labute approximate surface area is 137 Å². The molecule has 0 saturated carbocycles. The van der Waals surface area contributed by atoms with Gasteiger partial charge in [0.2, 0.25) is 5.91 Å². The van der Waals surface area contributed by atoms with E-state index in [9.17, 15) is 9.59 Å². The van der Waals surface area contributed by atoms with Crippen molar-refractivity contribution in [1.82, 2.24) is 10.6 Å². The highest BCUT2D eigenvalue weighted by atomic mass is 35.5. The Kier molecular flexibility index (Phi) is 6.23. The van der Waals surface area contributed by atoms with Crippen molar-refractivity contribution < 1.29 is 9.59 Å². The fourth-order valence-corrected chi connectivity index (χ4v) is 2.54. The minimum Gasteiger partial charge on any atom is -0.385 e. The highest BCUT2D eigenvalue weighted by Gasteiger charge is 2.27. The number of fused-ring (bicyclic) bond motifs is 1. The van der Waals surface area contributed by atoms with Gasteiger partial charge >= 0.3 is 0 Å². The van der Waals surface area contributed by atoms with Crippen LogP contribution in [0.4, 0.5) is 5.69 Å². The van der Waals surface area contributed by atoms with E-state index in [1.54, 1.807) is 7.05 Å². The first-order valence-electron chi connectivity index (χ1n) is 7.32. The highest BCUT2D eigenvalue weighted by molar-refractivity contribution is 5.97. The molecule has 5 nitrogen and oxygen atoms in total. The molecule has 2 amide bonds. The lowest BCUT2D eigenvalue weighted by Crippen LogP contribution is -2.43. The molecule has 0 saturated heterocycles. The second-order valence-electron chi connectivity index (χ2n) is 6.01. The van der Waals surface area contributed by atoms with E-state index in [0.717, 1.165) is 30.6 Å². The van der Waals surface area contributed by atoms with Crippen LogP contribution in [0.2, 0.25) is 0 Å². The van der Waals surface area contributed by atoms with Gasteiger partial charge in [0.05, 0.1) is 5.41 Å². The second-order valence-corrected chi connectivity index (χ2v) is 6.01. The summed E-state index contributed by atoms with van der Waals surface area (Å²) in [5.74, 6) is -0.202. The Balaban J connectivity index is 0.00000242. The summed E-state index contributed by atoms with van der Waals surface area (Å²) in [5, 5.41) is 8.81. The maximum atomic E-state index is 12.4. The number of rotatable bonds is 4. The number of anilines is 1. The van der Waals surface area contributed by atoms with Crippen LogP contribution in [0, 0.1) is 5.41 Å².